The van der Waals surface area contributed by atoms with Crippen molar-refractivity contribution in [2.75, 3.05) is 7.11 Å². The molecule has 0 spiro atoms. The van der Waals surface area contributed by atoms with E-state index in [1.807, 2.05) is 30.8 Å². The van der Waals surface area contributed by atoms with Crippen molar-refractivity contribution < 1.29 is 4.74 Å². The van der Waals surface area contributed by atoms with E-state index in [2.05, 4.69) is 21.0 Å². The van der Waals surface area contributed by atoms with E-state index in [1.165, 1.54) is 0 Å². The lowest BCUT2D eigenvalue weighted by Crippen LogP contribution is -1.90. The van der Waals surface area contributed by atoms with Crippen LogP contribution in [0.15, 0.2) is 16.6 Å². The van der Waals surface area contributed by atoms with E-state index in [0.717, 1.165) is 26.8 Å². The fraction of sp³-hybridized carbons (Fsp3) is 0.300. The Balaban J connectivity index is 2.94. The van der Waals surface area contributed by atoms with Gasteiger partial charge in [-0.1, -0.05) is 0 Å². The fourth-order valence-electron chi connectivity index (χ4n) is 1.71. The molecule has 1 heterocycles. The maximum absolute atomic E-state index is 5.30. The van der Waals surface area contributed by atoms with Gasteiger partial charge in [-0.3, -0.25) is 4.68 Å². The topological polar surface area (TPSA) is 27.1 Å². The normalized spacial score (nSPS) is 10.9. The van der Waals surface area contributed by atoms with Gasteiger partial charge in [-0.2, -0.15) is 5.10 Å². The summed E-state index contributed by atoms with van der Waals surface area (Å²) in [5.74, 6) is 0.869. The van der Waals surface area contributed by atoms with E-state index in [9.17, 15) is 0 Å². The second-order valence-electron chi connectivity index (χ2n) is 3.18. The first-order chi connectivity index (χ1) is 6.65. The largest absolute Gasteiger partial charge is 0.496 e. The Morgan fingerprint density at radius 3 is 2.79 bits per heavy atom. The number of nitrogens with zero attached hydrogens (tertiary/aromatic N) is 2. The van der Waals surface area contributed by atoms with Crippen LogP contribution in [0.5, 0.6) is 5.75 Å². The summed E-state index contributed by atoms with van der Waals surface area (Å²) in [6.07, 6.45) is 0. The Kier molecular flexibility index (Phi) is 2.23. The van der Waals surface area contributed by atoms with E-state index in [-0.39, 0.29) is 0 Å². The number of aromatic nitrogens is 2. The van der Waals surface area contributed by atoms with Gasteiger partial charge in [0.25, 0.3) is 0 Å². The molecular formula is C10H11BrN2O. The maximum atomic E-state index is 5.30. The molecule has 0 saturated carbocycles. The zero-order valence-corrected chi connectivity index (χ0v) is 9.92. The molecule has 0 amide bonds. The number of halogens is 1. The molecule has 2 aromatic rings. The quantitative estimate of drug-likeness (QED) is 0.783. The second-order valence-corrected chi connectivity index (χ2v) is 4.04. The fourth-order valence-corrected chi connectivity index (χ4v) is 2.30. The van der Waals surface area contributed by atoms with Crippen molar-refractivity contribution in [3.8, 4) is 5.75 Å². The lowest BCUT2D eigenvalue weighted by atomic mass is 10.2. The summed E-state index contributed by atoms with van der Waals surface area (Å²) in [7, 11) is 3.61. The number of ether oxygens (including phenoxy) is 1. The van der Waals surface area contributed by atoms with Crippen LogP contribution in [0.1, 0.15) is 5.69 Å². The first-order valence-electron chi connectivity index (χ1n) is 4.31. The van der Waals surface area contributed by atoms with Gasteiger partial charge in [0, 0.05) is 11.5 Å². The number of methoxy groups -OCH3 is 1. The van der Waals surface area contributed by atoms with E-state index >= 15 is 0 Å². The lowest BCUT2D eigenvalue weighted by Gasteiger charge is -2.03. The van der Waals surface area contributed by atoms with E-state index in [4.69, 9.17) is 4.74 Å². The molecule has 0 fully saturated rings. The van der Waals surface area contributed by atoms with Gasteiger partial charge in [0.05, 0.1) is 23.7 Å². The number of benzene rings is 1. The highest BCUT2D eigenvalue weighted by atomic mass is 79.9. The molecule has 0 bridgehead atoms. The molecule has 0 aliphatic rings. The van der Waals surface area contributed by atoms with Crippen LogP contribution in [0.25, 0.3) is 10.9 Å². The predicted octanol–water partition coefficient (Wildman–Crippen LogP) is 2.65. The highest BCUT2D eigenvalue weighted by Crippen LogP contribution is 2.33. The molecule has 1 aromatic heterocycles. The molecule has 2 rings (SSSR count). The number of hydrogen-bond acceptors (Lipinski definition) is 2. The summed E-state index contributed by atoms with van der Waals surface area (Å²) in [4.78, 5) is 0. The van der Waals surface area contributed by atoms with Crippen LogP contribution < -0.4 is 4.74 Å². The van der Waals surface area contributed by atoms with Crippen LogP contribution >= 0.6 is 15.9 Å². The summed E-state index contributed by atoms with van der Waals surface area (Å²) in [5, 5.41) is 5.44. The number of rotatable bonds is 1. The molecule has 3 nitrogen and oxygen atoms in total. The molecule has 74 valence electrons. The predicted molar refractivity (Wildman–Crippen MR) is 59.7 cm³/mol. The van der Waals surface area contributed by atoms with E-state index in [0.29, 0.717) is 0 Å². The molecule has 1 aromatic carbocycles. The number of hydrogen-bond donors (Lipinski definition) is 0. The van der Waals surface area contributed by atoms with Crippen molar-refractivity contribution in [2.24, 2.45) is 7.05 Å². The number of aryl methyl sites for hydroxylation is 2. The highest BCUT2D eigenvalue weighted by molar-refractivity contribution is 9.10. The zero-order chi connectivity index (χ0) is 10.3. The molecule has 0 aliphatic carbocycles. The van der Waals surface area contributed by atoms with Crippen LogP contribution in [-0.2, 0) is 7.05 Å². The first-order valence-corrected chi connectivity index (χ1v) is 5.10. The smallest absolute Gasteiger partial charge is 0.130 e. The Morgan fingerprint density at radius 1 is 1.43 bits per heavy atom. The third kappa shape index (κ3) is 1.21. The Labute approximate surface area is 90.8 Å². The summed E-state index contributed by atoms with van der Waals surface area (Å²) in [5.41, 5.74) is 2.06. The van der Waals surface area contributed by atoms with Crippen molar-refractivity contribution >= 4 is 26.8 Å². The summed E-state index contributed by atoms with van der Waals surface area (Å²) >= 11 is 3.51. The van der Waals surface area contributed by atoms with Crippen molar-refractivity contribution in [2.45, 2.75) is 6.92 Å². The van der Waals surface area contributed by atoms with Gasteiger partial charge in [0.1, 0.15) is 5.75 Å². The van der Waals surface area contributed by atoms with Crippen molar-refractivity contribution in [3.63, 3.8) is 0 Å². The van der Waals surface area contributed by atoms with Crippen LogP contribution in [0, 0.1) is 6.92 Å². The molecule has 14 heavy (non-hydrogen) atoms. The SMILES string of the molecule is COc1ccc(Br)c2c1c(C)nn2C. The molecule has 0 unspecified atom stereocenters. The molecule has 0 saturated heterocycles. The zero-order valence-electron chi connectivity index (χ0n) is 8.34. The minimum Gasteiger partial charge on any atom is -0.496 e. The van der Waals surface area contributed by atoms with Crippen LogP contribution in [-0.4, -0.2) is 16.9 Å². The molecule has 0 radical (unpaired) electrons. The summed E-state index contributed by atoms with van der Waals surface area (Å²) < 4.78 is 8.20. The van der Waals surface area contributed by atoms with E-state index < -0.39 is 0 Å². The highest BCUT2D eigenvalue weighted by Gasteiger charge is 2.12. The van der Waals surface area contributed by atoms with Gasteiger partial charge in [-0.25, -0.2) is 0 Å². The lowest BCUT2D eigenvalue weighted by molar-refractivity contribution is 0.419. The van der Waals surface area contributed by atoms with Crippen molar-refractivity contribution in [1.29, 1.82) is 0 Å². The molecule has 0 N–H and O–H groups in total. The first kappa shape index (κ1) is 9.52. The Bertz CT molecular complexity index is 490. The Hall–Kier alpha value is -1.03. The number of fused-ring (bicyclic) bond motifs is 1. The third-order valence-corrected chi connectivity index (χ3v) is 2.94. The van der Waals surface area contributed by atoms with Crippen LogP contribution in [0.2, 0.25) is 0 Å². The molecule has 4 heteroatoms. The van der Waals surface area contributed by atoms with Crippen molar-refractivity contribution in [3.05, 3.63) is 22.3 Å². The van der Waals surface area contributed by atoms with E-state index in [1.54, 1.807) is 7.11 Å². The maximum Gasteiger partial charge on any atom is 0.130 e. The third-order valence-electron chi connectivity index (χ3n) is 2.30. The van der Waals surface area contributed by atoms with Crippen LogP contribution in [0.4, 0.5) is 0 Å². The average Bonchev–Trinajstić information content (AvgIpc) is 2.44. The molecule has 0 atom stereocenters. The van der Waals surface area contributed by atoms with Gasteiger partial charge >= 0.3 is 0 Å². The average molecular weight is 255 g/mol. The summed E-state index contributed by atoms with van der Waals surface area (Å²) in [6.45, 7) is 1.98. The monoisotopic (exact) mass is 254 g/mol. The van der Waals surface area contributed by atoms with Gasteiger partial charge < -0.3 is 4.74 Å². The van der Waals surface area contributed by atoms with Crippen molar-refractivity contribution in [1.82, 2.24) is 9.78 Å². The minimum absolute atomic E-state index is 0.869. The minimum atomic E-state index is 0.869. The molecule has 0 aliphatic heterocycles. The second kappa shape index (κ2) is 3.28. The van der Waals surface area contributed by atoms with Gasteiger partial charge in [-0.15, -0.1) is 0 Å². The van der Waals surface area contributed by atoms with Gasteiger partial charge in [0.15, 0.2) is 0 Å². The Morgan fingerprint density at radius 2 is 2.14 bits per heavy atom. The molecular weight excluding hydrogens is 244 g/mol. The van der Waals surface area contributed by atoms with Gasteiger partial charge in [-0.05, 0) is 35.0 Å². The summed E-state index contributed by atoms with van der Waals surface area (Å²) in [6, 6.07) is 3.92. The standard InChI is InChI=1S/C10H11BrN2O/c1-6-9-8(14-3)5-4-7(11)10(9)13(2)12-6/h4-5H,1-3H3. The van der Waals surface area contributed by atoms with Gasteiger partial charge in [0.2, 0.25) is 0 Å². The van der Waals surface area contributed by atoms with Crippen LogP contribution in [0.3, 0.4) is 0 Å².